The topological polar surface area (TPSA) is 70.4 Å². The molecule has 0 saturated carbocycles. The van der Waals surface area contributed by atoms with E-state index in [1.165, 1.54) is 10.4 Å². The van der Waals surface area contributed by atoms with E-state index in [-0.39, 0.29) is 22.1 Å². The van der Waals surface area contributed by atoms with Crippen molar-refractivity contribution in [2.24, 2.45) is 0 Å². The van der Waals surface area contributed by atoms with Gasteiger partial charge in [0.25, 0.3) is 0 Å². The van der Waals surface area contributed by atoms with E-state index in [4.69, 9.17) is 9.69 Å². The van der Waals surface area contributed by atoms with Crippen LogP contribution in [0, 0.1) is 18.3 Å². The van der Waals surface area contributed by atoms with Gasteiger partial charge < -0.3 is 4.43 Å². The second-order valence-corrected chi connectivity index (χ2v) is 15.3. The largest absolute Gasteiger partial charge is 0.413 e. The molecule has 1 aliphatic heterocycles. The van der Waals surface area contributed by atoms with Crippen LogP contribution >= 0.6 is 0 Å². The number of aryl methyl sites for hydroxylation is 1. The van der Waals surface area contributed by atoms with Crippen molar-refractivity contribution < 1.29 is 12.8 Å². The van der Waals surface area contributed by atoms with Crippen LogP contribution in [-0.4, -0.2) is 39.7 Å². The summed E-state index contributed by atoms with van der Waals surface area (Å²) >= 11 is 0. The lowest BCUT2D eigenvalue weighted by molar-refractivity contribution is 0.193. The van der Waals surface area contributed by atoms with Crippen LogP contribution in [0.5, 0.6) is 0 Å². The van der Waals surface area contributed by atoms with Crippen molar-refractivity contribution >= 4 is 18.3 Å². The maximum absolute atomic E-state index is 13.2. The van der Waals surface area contributed by atoms with E-state index in [9.17, 15) is 8.42 Å². The van der Waals surface area contributed by atoms with Crippen LogP contribution < -0.4 is 0 Å². The molecule has 0 aromatic heterocycles. The predicted molar refractivity (Wildman–Crippen MR) is 110 cm³/mol. The zero-order chi connectivity index (χ0) is 20.5. The molecular formula is C20H30N2O3SSi. The van der Waals surface area contributed by atoms with Gasteiger partial charge in [0.05, 0.1) is 17.1 Å². The molecule has 7 heteroatoms. The second-order valence-electron chi connectivity index (χ2n) is 8.68. The van der Waals surface area contributed by atoms with Crippen LogP contribution in [0.25, 0.3) is 0 Å². The molecule has 1 saturated heterocycles. The molecule has 0 amide bonds. The molecular weight excluding hydrogens is 376 g/mol. The highest BCUT2D eigenvalue weighted by Gasteiger charge is 2.45. The molecule has 27 heavy (non-hydrogen) atoms. The molecule has 1 fully saturated rings. The number of sulfonamides is 1. The summed E-state index contributed by atoms with van der Waals surface area (Å²) in [5.74, 6) is 0. The van der Waals surface area contributed by atoms with E-state index in [2.05, 4.69) is 33.9 Å². The third kappa shape index (κ3) is 4.88. The van der Waals surface area contributed by atoms with Crippen LogP contribution in [0.3, 0.4) is 0 Å². The number of hydrogen-bond acceptors (Lipinski definition) is 4. The van der Waals surface area contributed by atoms with E-state index in [1.807, 2.05) is 13.0 Å². The minimum Gasteiger partial charge on any atom is -0.413 e. The van der Waals surface area contributed by atoms with Crippen molar-refractivity contribution in [2.45, 2.75) is 69.3 Å². The zero-order valence-corrected chi connectivity index (χ0v) is 18.9. The number of hydrogen-bond donors (Lipinski definition) is 0. The lowest BCUT2D eigenvalue weighted by Gasteiger charge is -2.38. The van der Waals surface area contributed by atoms with Crippen LogP contribution in [0.1, 0.15) is 32.8 Å². The van der Waals surface area contributed by atoms with Crippen LogP contribution in [0.2, 0.25) is 18.1 Å². The summed E-state index contributed by atoms with van der Waals surface area (Å²) in [6.07, 6.45) is 3.42. The van der Waals surface area contributed by atoms with Gasteiger partial charge in [0, 0.05) is 18.7 Å². The van der Waals surface area contributed by atoms with Crippen LogP contribution in [0.15, 0.2) is 41.3 Å². The summed E-state index contributed by atoms with van der Waals surface area (Å²) in [5, 5.41) is 8.94. The number of allylic oxidation sites excluding steroid dienone is 1. The zero-order valence-electron chi connectivity index (χ0n) is 17.1. The Morgan fingerprint density at radius 2 is 1.85 bits per heavy atom. The Bertz CT molecular complexity index is 833. The predicted octanol–water partition coefficient (Wildman–Crippen LogP) is 4.23. The van der Waals surface area contributed by atoms with Gasteiger partial charge in [-0.15, -0.1) is 0 Å². The molecule has 0 unspecified atom stereocenters. The van der Waals surface area contributed by atoms with Gasteiger partial charge in [0.15, 0.2) is 8.32 Å². The van der Waals surface area contributed by atoms with Gasteiger partial charge in [0.1, 0.15) is 0 Å². The average Bonchev–Trinajstić information content (AvgIpc) is 2.95. The third-order valence-electron chi connectivity index (χ3n) is 5.55. The van der Waals surface area contributed by atoms with Crippen molar-refractivity contribution in [1.82, 2.24) is 4.31 Å². The Hall–Kier alpha value is -1.46. The Morgan fingerprint density at radius 3 is 2.37 bits per heavy atom. The Morgan fingerprint density at radius 1 is 1.26 bits per heavy atom. The minimum absolute atomic E-state index is 0.0498. The first-order chi connectivity index (χ1) is 12.4. The van der Waals surface area contributed by atoms with Gasteiger partial charge in [-0.3, -0.25) is 0 Å². The first-order valence-corrected chi connectivity index (χ1v) is 13.6. The molecule has 5 nitrogen and oxygen atoms in total. The lowest BCUT2D eigenvalue weighted by Crippen LogP contribution is -2.44. The molecule has 1 aliphatic rings. The normalized spacial score (nSPS) is 22.3. The first kappa shape index (κ1) is 21.8. The highest BCUT2D eigenvalue weighted by Crippen LogP contribution is 2.39. The van der Waals surface area contributed by atoms with Crippen molar-refractivity contribution in [3.63, 3.8) is 0 Å². The molecule has 1 aromatic rings. The average molecular weight is 407 g/mol. The molecule has 2 atom stereocenters. The third-order valence-corrected chi connectivity index (χ3v) is 12.0. The Balaban J connectivity index is 2.32. The smallest absolute Gasteiger partial charge is 0.243 e. The number of nitrogens with zero attached hydrogens (tertiary/aromatic N) is 2. The second kappa shape index (κ2) is 7.88. The highest BCUT2D eigenvalue weighted by atomic mass is 32.2. The van der Waals surface area contributed by atoms with E-state index in [0.29, 0.717) is 13.0 Å². The van der Waals surface area contributed by atoms with E-state index in [1.54, 1.807) is 30.3 Å². The van der Waals surface area contributed by atoms with Crippen molar-refractivity contribution in [3.05, 3.63) is 42.0 Å². The van der Waals surface area contributed by atoms with Crippen LogP contribution in [0.4, 0.5) is 0 Å². The van der Waals surface area contributed by atoms with Gasteiger partial charge in [-0.2, -0.15) is 9.57 Å². The maximum atomic E-state index is 13.2. The van der Waals surface area contributed by atoms with Gasteiger partial charge in [-0.05, 0) is 43.6 Å². The minimum atomic E-state index is -3.65. The van der Waals surface area contributed by atoms with Gasteiger partial charge in [-0.25, -0.2) is 8.42 Å². The lowest BCUT2D eigenvalue weighted by atomic mass is 10.2. The summed E-state index contributed by atoms with van der Waals surface area (Å²) in [6, 6.07) is 8.47. The summed E-state index contributed by atoms with van der Waals surface area (Å²) < 4.78 is 34.3. The molecule has 0 radical (unpaired) electrons. The number of benzene rings is 1. The molecule has 0 N–H and O–H groups in total. The summed E-state index contributed by atoms with van der Waals surface area (Å²) in [4.78, 5) is 0.274. The fraction of sp³-hybridized carbons (Fsp3) is 0.550. The van der Waals surface area contributed by atoms with Crippen LogP contribution in [-0.2, 0) is 14.4 Å². The monoisotopic (exact) mass is 406 g/mol. The molecule has 1 aromatic carbocycles. The fourth-order valence-electron chi connectivity index (χ4n) is 2.93. The van der Waals surface area contributed by atoms with E-state index >= 15 is 0 Å². The van der Waals surface area contributed by atoms with Crippen molar-refractivity contribution in [1.29, 1.82) is 5.26 Å². The Kier molecular flexibility index (Phi) is 6.37. The fourth-order valence-corrected chi connectivity index (χ4v) is 5.91. The summed E-state index contributed by atoms with van der Waals surface area (Å²) in [5.41, 5.74) is 1.01. The van der Waals surface area contributed by atoms with Gasteiger partial charge in [0.2, 0.25) is 10.0 Å². The molecule has 0 bridgehead atoms. The molecule has 148 valence electrons. The quantitative estimate of drug-likeness (QED) is 0.542. The first-order valence-electron chi connectivity index (χ1n) is 9.21. The van der Waals surface area contributed by atoms with E-state index in [0.717, 1.165) is 5.56 Å². The SMILES string of the molecule is Cc1ccc(S(=O)(=O)N2C[C@H](O[Si](C)(C)C(C)(C)C)C[C@H]2/C=C/C#N)cc1. The van der Waals surface area contributed by atoms with Gasteiger partial charge >= 0.3 is 0 Å². The number of nitriles is 1. The van der Waals surface area contributed by atoms with Crippen molar-refractivity contribution in [3.8, 4) is 6.07 Å². The summed E-state index contributed by atoms with van der Waals surface area (Å²) in [7, 11) is -5.67. The molecule has 1 heterocycles. The van der Waals surface area contributed by atoms with Gasteiger partial charge in [-0.1, -0.05) is 44.5 Å². The standard InChI is InChI=1S/C20H30N2O3SSi/c1-16-9-11-19(12-10-16)26(23,24)22-15-18(14-17(22)8-7-13-21)25-27(5,6)20(2,3)4/h7-12,17-18H,14-15H2,1-6H3/b8-7+/t17-,18-/m1/s1. The molecule has 0 aliphatic carbocycles. The molecule has 2 rings (SSSR count). The molecule has 0 spiro atoms. The van der Waals surface area contributed by atoms with Crippen molar-refractivity contribution in [2.75, 3.05) is 6.54 Å². The Labute approximate surface area is 164 Å². The van der Waals surface area contributed by atoms with E-state index < -0.39 is 18.3 Å². The highest BCUT2D eigenvalue weighted by molar-refractivity contribution is 7.89. The summed E-state index contributed by atoms with van der Waals surface area (Å²) in [6.45, 7) is 13.1. The number of rotatable bonds is 5. The maximum Gasteiger partial charge on any atom is 0.243 e.